The molecule has 0 bridgehead atoms. The Bertz CT molecular complexity index is 207. The van der Waals surface area contributed by atoms with E-state index in [9.17, 15) is 10.2 Å². The van der Waals surface area contributed by atoms with Gasteiger partial charge in [0.15, 0.2) is 0 Å². The Kier molecular flexibility index (Phi) is 4.81. The fraction of sp³-hybridized carbons (Fsp3) is 0.846. The first-order valence-electron chi connectivity index (χ1n) is 6.10. The van der Waals surface area contributed by atoms with Crippen molar-refractivity contribution in [3.63, 3.8) is 0 Å². The van der Waals surface area contributed by atoms with Crippen LogP contribution >= 0.6 is 0 Å². The largest absolute Gasteiger partial charge is 0.395 e. The maximum absolute atomic E-state index is 9.84. The number of aliphatic hydroxyl groups excluding tert-OH is 2. The first-order valence-corrected chi connectivity index (χ1v) is 6.10. The summed E-state index contributed by atoms with van der Waals surface area (Å²) in [5, 5.41) is 19.2. The standard InChI is InChI=1S/C13H24O2/c1-3-12(15)13(2,10-14)9-8-11-6-4-5-7-11/h8-9,11-12,14-15H,3-7,10H2,1-2H3/b9-8+/t12?,13-/m0/s1. The molecule has 1 aliphatic rings. The van der Waals surface area contributed by atoms with E-state index in [0.717, 1.165) is 0 Å². The summed E-state index contributed by atoms with van der Waals surface area (Å²) in [4.78, 5) is 0. The van der Waals surface area contributed by atoms with E-state index >= 15 is 0 Å². The average molecular weight is 212 g/mol. The zero-order chi connectivity index (χ0) is 11.3. The molecule has 2 nitrogen and oxygen atoms in total. The summed E-state index contributed by atoms with van der Waals surface area (Å²) >= 11 is 0. The van der Waals surface area contributed by atoms with Crippen LogP contribution in [0.1, 0.15) is 46.0 Å². The van der Waals surface area contributed by atoms with Crippen molar-refractivity contribution in [1.29, 1.82) is 0 Å². The minimum absolute atomic E-state index is 0.0191. The number of hydrogen-bond acceptors (Lipinski definition) is 2. The molecule has 0 heterocycles. The molecule has 0 aliphatic heterocycles. The van der Waals surface area contributed by atoms with Gasteiger partial charge in [-0.15, -0.1) is 0 Å². The SMILES string of the molecule is CCC(O)[C@@](C)(/C=C/C1CCCC1)CO. The van der Waals surface area contributed by atoms with Crippen molar-refractivity contribution in [3.8, 4) is 0 Å². The van der Waals surface area contributed by atoms with Crippen LogP contribution in [0.5, 0.6) is 0 Å². The maximum Gasteiger partial charge on any atom is 0.0647 e. The second-order valence-corrected chi connectivity index (χ2v) is 4.99. The Morgan fingerprint density at radius 2 is 2.00 bits per heavy atom. The number of aliphatic hydroxyl groups is 2. The van der Waals surface area contributed by atoms with Gasteiger partial charge in [-0.05, 0) is 25.2 Å². The van der Waals surface area contributed by atoms with E-state index in [1.54, 1.807) is 0 Å². The molecule has 0 aromatic rings. The van der Waals surface area contributed by atoms with Crippen molar-refractivity contribution >= 4 is 0 Å². The summed E-state index contributed by atoms with van der Waals surface area (Å²) in [6.45, 7) is 3.89. The summed E-state index contributed by atoms with van der Waals surface area (Å²) in [5.74, 6) is 0.667. The van der Waals surface area contributed by atoms with E-state index in [4.69, 9.17) is 0 Å². The second kappa shape index (κ2) is 5.66. The molecule has 1 saturated carbocycles. The molecule has 1 fully saturated rings. The molecule has 0 radical (unpaired) electrons. The maximum atomic E-state index is 9.84. The van der Waals surface area contributed by atoms with E-state index in [0.29, 0.717) is 12.3 Å². The van der Waals surface area contributed by atoms with Gasteiger partial charge in [0.2, 0.25) is 0 Å². The van der Waals surface area contributed by atoms with E-state index in [1.807, 2.05) is 19.9 Å². The predicted octanol–water partition coefficient (Wildman–Crippen LogP) is 2.50. The highest BCUT2D eigenvalue weighted by molar-refractivity contribution is 5.03. The molecule has 2 heteroatoms. The summed E-state index contributed by atoms with van der Waals surface area (Å²) < 4.78 is 0. The highest BCUT2D eigenvalue weighted by Gasteiger charge is 2.28. The monoisotopic (exact) mass is 212 g/mol. The van der Waals surface area contributed by atoms with Crippen molar-refractivity contribution in [2.45, 2.75) is 52.1 Å². The van der Waals surface area contributed by atoms with Crippen LogP contribution in [0.15, 0.2) is 12.2 Å². The molecular formula is C13H24O2. The van der Waals surface area contributed by atoms with Gasteiger partial charge in [0.1, 0.15) is 0 Å². The molecule has 0 aromatic carbocycles. The zero-order valence-corrected chi connectivity index (χ0v) is 9.95. The summed E-state index contributed by atoms with van der Waals surface area (Å²) in [6.07, 6.45) is 9.63. The van der Waals surface area contributed by atoms with Gasteiger partial charge in [0, 0.05) is 5.41 Å². The van der Waals surface area contributed by atoms with Gasteiger partial charge in [0.25, 0.3) is 0 Å². The second-order valence-electron chi connectivity index (χ2n) is 4.99. The Morgan fingerprint density at radius 1 is 1.40 bits per heavy atom. The molecule has 88 valence electrons. The van der Waals surface area contributed by atoms with Crippen LogP contribution in [0.2, 0.25) is 0 Å². The third kappa shape index (κ3) is 3.32. The molecule has 0 saturated heterocycles. The summed E-state index contributed by atoms with van der Waals surface area (Å²) in [5.41, 5.74) is -0.461. The lowest BCUT2D eigenvalue weighted by molar-refractivity contribution is 0.0253. The van der Waals surface area contributed by atoms with Crippen molar-refractivity contribution in [2.24, 2.45) is 11.3 Å². The lowest BCUT2D eigenvalue weighted by atomic mass is 9.82. The Hall–Kier alpha value is -0.340. The van der Waals surface area contributed by atoms with Gasteiger partial charge in [-0.1, -0.05) is 38.8 Å². The molecule has 0 spiro atoms. The molecule has 1 aliphatic carbocycles. The molecule has 2 N–H and O–H groups in total. The molecule has 0 aromatic heterocycles. The number of rotatable bonds is 5. The highest BCUT2D eigenvalue weighted by atomic mass is 16.3. The van der Waals surface area contributed by atoms with Gasteiger partial charge in [-0.3, -0.25) is 0 Å². The van der Waals surface area contributed by atoms with Crippen molar-refractivity contribution in [3.05, 3.63) is 12.2 Å². The van der Waals surface area contributed by atoms with Gasteiger partial charge in [-0.25, -0.2) is 0 Å². The topological polar surface area (TPSA) is 40.5 Å². The lowest BCUT2D eigenvalue weighted by Crippen LogP contribution is -2.33. The third-order valence-corrected chi connectivity index (χ3v) is 3.64. The van der Waals surface area contributed by atoms with Crippen molar-refractivity contribution in [2.75, 3.05) is 6.61 Å². The molecule has 1 unspecified atom stereocenters. The van der Waals surface area contributed by atoms with E-state index in [-0.39, 0.29) is 6.61 Å². The fourth-order valence-corrected chi connectivity index (χ4v) is 2.24. The molecule has 2 atom stereocenters. The fourth-order valence-electron chi connectivity index (χ4n) is 2.24. The molecular weight excluding hydrogens is 188 g/mol. The minimum atomic E-state index is -0.461. The van der Waals surface area contributed by atoms with Crippen LogP contribution < -0.4 is 0 Å². The Morgan fingerprint density at radius 3 is 2.47 bits per heavy atom. The quantitative estimate of drug-likeness (QED) is 0.687. The van der Waals surface area contributed by atoms with E-state index < -0.39 is 11.5 Å². The normalized spacial score (nSPS) is 24.5. The molecule has 0 amide bonds. The van der Waals surface area contributed by atoms with Crippen LogP contribution in [-0.4, -0.2) is 22.9 Å². The van der Waals surface area contributed by atoms with Crippen LogP contribution in [0.25, 0.3) is 0 Å². The van der Waals surface area contributed by atoms with E-state index in [2.05, 4.69) is 6.08 Å². The summed E-state index contributed by atoms with van der Waals surface area (Å²) in [6, 6.07) is 0. The van der Waals surface area contributed by atoms with Crippen LogP contribution in [-0.2, 0) is 0 Å². The predicted molar refractivity (Wildman–Crippen MR) is 62.6 cm³/mol. The van der Waals surface area contributed by atoms with Gasteiger partial charge >= 0.3 is 0 Å². The smallest absolute Gasteiger partial charge is 0.0647 e. The van der Waals surface area contributed by atoms with E-state index in [1.165, 1.54) is 25.7 Å². The first-order chi connectivity index (χ1) is 7.12. The van der Waals surface area contributed by atoms with Gasteiger partial charge in [0.05, 0.1) is 12.7 Å². The van der Waals surface area contributed by atoms with Gasteiger partial charge in [-0.2, -0.15) is 0 Å². The minimum Gasteiger partial charge on any atom is -0.395 e. The van der Waals surface area contributed by atoms with Crippen LogP contribution in [0.4, 0.5) is 0 Å². The molecule has 1 rings (SSSR count). The molecule has 15 heavy (non-hydrogen) atoms. The lowest BCUT2D eigenvalue weighted by Gasteiger charge is -2.29. The number of allylic oxidation sites excluding steroid dienone is 1. The highest BCUT2D eigenvalue weighted by Crippen LogP contribution is 2.30. The Balaban J connectivity index is 2.57. The average Bonchev–Trinajstić information content (AvgIpc) is 2.77. The Labute approximate surface area is 93.0 Å². The third-order valence-electron chi connectivity index (χ3n) is 3.64. The number of hydrogen-bond donors (Lipinski definition) is 2. The summed E-state index contributed by atoms with van der Waals surface area (Å²) in [7, 11) is 0. The van der Waals surface area contributed by atoms with Crippen molar-refractivity contribution in [1.82, 2.24) is 0 Å². The van der Waals surface area contributed by atoms with Crippen LogP contribution in [0.3, 0.4) is 0 Å². The van der Waals surface area contributed by atoms with Crippen LogP contribution in [0, 0.1) is 11.3 Å². The van der Waals surface area contributed by atoms with Crippen molar-refractivity contribution < 1.29 is 10.2 Å². The first kappa shape index (κ1) is 12.7. The zero-order valence-electron chi connectivity index (χ0n) is 9.95. The van der Waals surface area contributed by atoms with Gasteiger partial charge < -0.3 is 10.2 Å².